The Hall–Kier alpha value is -1.30. The molecule has 1 atom stereocenters. The summed E-state index contributed by atoms with van der Waals surface area (Å²) < 4.78 is 5.46. The first kappa shape index (κ1) is 21.7. The van der Waals surface area contributed by atoms with Crippen LogP contribution in [-0.2, 0) is 9.53 Å². The first-order valence-corrected chi connectivity index (χ1v) is 10.0. The van der Waals surface area contributed by atoms with Crippen molar-refractivity contribution in [1.29, 1.82) is 0 Å². The molecule has 1 saturated carbocycles. The molecule has 6 nitrogen and oxygen atoms in total. The highest BCUT2D eigenvalue weighted by molar-refractivity contribution is 5.79. The van der Waals surface area contributed by atoms with E-state index in [4.69, 9.17) is 9.84 Å². The quantitative estimate of drug-likeness (QED) is 0.217. The number of ether oxygens (including phenoxy) is 1. The Kier molecular flexibility index (Phi) is 12.1. The van der Waals surface area contributed by atoms with Crippen LogP contribution in [0, 0.1) is 5.92 Å². The molecule has 0 bridgehead atoms. The number of carbonyl (C=O) groups excluding carboxylic acids is 1. The smallest absolute Gasteiger partial charge is 0.306 e. The molecule has 6 heteroatoms. The topological polar surface area (TPSA) is 83.0 Å². The molecule has 0 aromatic carbocycles. The van der Waals surface area contributed by atoms with E-state index in [0.29, 0.717) is 25.4 Å². The fourth-order valence-electron chi connectivity index (χ4n) is 3.17. The lowest BCUT2D eigenvalue weighted by atomic mass is 10.0. The SMILES string of the molecule is CCCC(CCO)CN=C(NCC)NCCCC(=O)OC1CCCC1. The van der Waals surface area contributed by atoms with Crippen molar-refractivity contribution >= 4 is 11.9 Å². The number of aliphatic imine (C=N–C) groups is 1. The molecule has 1 aliphatic carbocycles. The van der Waals surface area contributed by atoms with E-state index in [9.17, 15) is 4.79 Å². The van der Waals surface area contributed by atoms with Gasteiger partial charge in [0.25, 0.3) is 0 Å². The Morgan fingerprint density at radius 3 is 2.64 bits per heavy atom. The third kappa shape index (κ3) is 10.3. The van der Waals surface area contributed by atoms with Crippen LogP contribution in [0.4, 0.5) is 0 Å². The van der Waals surface area contributed by atoms with Crippen molar-refractivity contribution in [2.45, 2.75) is 77.7 Å². The highest BCUT2D eigenvalue weighted by Gasteiger charge is 2.18. The van der Waals surface area contributed by atoms with Gasteiger partial charge in [0.1, 0.15) is 6.10 Å². The van der Waals surface area contributed by atoms with Gasteiger partial charge in [-0.2, -0.15) is 0 Å². The van der Waals surface area contributed by atoms with Gasteiger partial charge in [0.05, 0.1) is 0 Å². The fraction of sp³-hybridized carbons (Fsp3) is 0.895. The van der Waals surface area contributed by atoms with E-state index in [-0.39, 0.29) is 18.7 Å². The van der Waals surface area contributed by atoms with Crippen molar-refractivity contribution in [3.8, 4) is 0 Å². The summed E-state index contributed by atoms with van der Waals surface area (Å²) in [6, 6.07) is 0. The van der Waals surface area contributed by atoms with Gasteiger partial charge in [-0.25, -0.2) is 0 Å². The van der Waals surface area contributed by atoms with Crippen LogP contribution in [0.15, 0.2) is 4.99 Å². The number of hydrogen-bond acceptors (Lipinski definition) is 4. The normalized spacial score (nSPS) is 16.7. The van der Waals surface area contributed by atoms with Gasteiger partial charge >= 0.3 is 5.97 Å². The van der Waals surface area contributed by atoms with Crippen LogP contribution in [0.25, 0.3) is 0 Å². The minimum atomic E-state index is -0.0819. The minimum Gasteiger partial charge on any atom is -0.462 e. The number of esters is 1. The van der Waals surface area contributed by atoms with Crippen LogP contribution in [0.2, 0.25) is 0 Å². The maximum atomic E-state index is 11.8. The average Bonchev–Trinajstić information content (AvgIpc) is 3.09. The van der Waals surface area contributed by atoms with Crippen molar-refractivity contribution in [2.24, 2.45) is 10.9 Å². The van der Waals surface area contributed by atoms with Crippen LogP contribution in [0.3, 0.4) is 0 Å². The number of nitrogens with one attached hydrogen (secondary N) is 2. The standard InChI is InChI=1S/C19H37N3O3/c1-3-8-16(12-14-23)15-22-19(20-4-2)21-13-7-11-18(24)25-17-9-5-6-10-17/h16-17,23H,3-15H2,1-2H3,(H2,20,21,22). The molecular weight excluding hydrogens is 318 g/mol. The number of rotatable bonds is 12. The molecule has 1 aliphatic rings. The maximum Gasteiger partial charge on any atom is 0.306 e. The predicted molar refractivity (Wildman–Crippen MR) is 102 cm³/mol. The van der Waals surface area contributed by atoms with Crippen LogP contribution < -0.4 is 10.6 Å². The first-order chi connectivity index (χ1) is 12.2. The second-order valence-electron chi connectivity index (χ2n) is 6.81. The first-order valence-electron chi connectivity index (χ1n) is 10.0. The van der Waals surface area contributed by atoms with Gasteiger partial charge in [0.2, 0.25) is 0 Å². The van der Waals surface area contributed by atoms with Crippen molar-refractivity contribution < 1.29 is 14.6 Å². The zero-order valence-electron chi connectivity index (χ0n) is 16.1. The van der Waals surface area contributed by atoms with Gasteiger partial charge in [-0.3, -0.25) is 9.79 Å². The number of aliphatic hydroxyl groups excluding tert-OH is 1. The molecular formula is C19H37N3O3. The van der Waals surface area contributed by atoms with Gasteiger partial charge in [0.15, 0.2) is 5.96 Å². The van der Waals surface area contributed by atoms with E-state index >= 15 is 0 Å². The molecule has 0 spiro atoms. The Balaban J connectivity index is 2.26. The van der Waals surface area contributed by atoms with Crippen LogP contribution >= 0.6 is 0 Å². The molecule has 0 saturated heterocycles. The minimum absolute atomic E-state index is 0.0819. The summed E-state index contributed by atoms with van der Waals surface area (Å²) in [6.07, 6.45) is 8.72. The summed E-state index contributed by atoms with van der Waals surface area (Å²) in [5.74, 6) is 1.12. The van der Waals surface area contributed by atoms with Gasteiger partial charge in [0, 0.05) is 32.7 Å². The summed E-state index contributed by atoms with van der Waals surface area (Å²) in [5.41, 5.74) is 0. The number of carbonyl (C=O) groups is 1. The van der Waals surface area contributed by atoms with Crippen molar-refractivity contribution in [1.82, 2.24) is 10.6 Å². The number of guanidine groups is 1. The zero-order valence-corrected chi connectivity index (χ0v) is 16.1. The molecule has 0 radical (unpaired) electrons. The maximum absolute atomic E-state index is 11.8. The highest BCUT2D eigenvalue weighted by atomic mass is 16.5. The number of hydrogen-bond donors (Lipinski definition) is 3. The van der Waals surface area contributed by atoms with Crippen molar-refractivity contribution in [2.75, 3.05) is 26.2 Å². The summed E-state index contributed by atoms with van der Waals surface area (Å²) >= 11 is 0. The molecule has 25 heavy (non-hydrogen) atoms. The molecule has 146 valence electrons. The Morgan fingerprint density at radius 2 is 2.00 bits per heavy atom. The molecule has 3 N–H and O–H groups in total. The summed E-state index contributed by atoms with van der Waals surface area (Å²) in [6.45, 7) is 6.62. The second-order valence-corrected chi connectivity index (χ2v) is 6.81. The number of nitrogens with zero attached hydrogens (tertiary/aromatic N) is 1. The van der Waals surface area contributed by atoms with Gasteiger partial charge in [-0.15, -0.1) is 0 Å². The van der Waals surface area contributed by atoms with Gasteiger partial charge in [-0.1, -0.05) is 13.3 Å². The molecule has 0 amide bonds. The zero-order chi connectivity index (χ0) is 18.3. The predicted octanol–water partition coefficient (Wildman–Crippen LogP) is 2.61. The molecule has 0 heterocycles. The molecule has 0 aromatic heterocycles. The second kappa shape index (κ2) is 13.9. The largest absolute Gasteiger partial charge is 0.462 e. The van der Waals surface area contributed by atoms with E-state index < -0.39 is 0 Å². The monoisotopic (exact) mass is 355 g/mol. The van der Waals surface area contributed by atoms with Gasteiger partial charge < -0.3 is 20.5 Å². The van der Waals surface area contributed by atoms with Gasteiger partial charge in [-0.05, 0) is 57.8 Å². The molecule has 0 aromatic rings. The van der Waals surface area contributed by atoms with E-state index in [1.54, 1.807) is 0 Å². The lowest BCUT2D eigenvalue weighted by Crippen LogP contribution is -2.38. The molecule has 1 unspecified atom stereocenters. The van der Waals surface area contributed by atoms with Crippen LogP contribution in [0.1, 0.15) is 71.6 Å². The summed E-state index contributed by atoms with van der Waals surface area (Å²) in [4.78, 5) is 16.4. The Labute approximate surface area is 152 Å². The van der Waals surface area contributed by atoms with E-state index in [2.05, 4.69) is 22.5 Å². The summed E-state index contributed by atoms with van der Waals surface area (Å²) in [7, 11) is 0. The lowest BCUT2D eigenvalue weighted by molar-refractivity contribution is -0.148. The Morgan fingerprint density at radius 1 is 1.24 bits per heavy atom. The molecule has 1 fully saturated rings. The third-order valence-corrected chi connectivity index (χ3v) is 4.54. The molecule has 0 aliphatic heterocycles. The van der Waals surface area contributed by atoms with E-state index in [0.717, 1.165) is 51.0 Å². The summed E-state index contributed by atoms with van der Waals surface area (Å²) in [5, 5.41) is 15.6. The van der Waals surface area contributed by atoms with Crippen LogP contribution in [-0.4, -0.2) is 49.4 Å². The average molecular weight is 356 g/mol. The number of aliphatic hydroxyl groups is 1. The van der Waals surface area contributed by atoms with E-state index in [1.165, 1.54) is 12.8 Å². The van der Waals surface area contributed by atoms with Crippen molar-refractivity contribution in [3.63, 3.8) is 0 Å². The van der Waals surface area contributed by atoms with Crippen LogP contribution in [0.5, 0.6) is 0 Å². The Bertz CT molecular complexity index is 376. The van der Waals surface area contributed by atoms with Crippen molar-refractivity contribution in [3.05, 3.63) is 0 Å². The third-order valence-electron chi connectivity index (χ3n) is 4.54. The highest BCUT2D eigenvalue weighted by Crippen LogP contribution is 2.21. The molecule has 1 rings (SSSR count). The lowest BCUT2D eigenvalue weighted by Gasteiger charge is -2.15. The van der Waals surface area contributed by atoms with E-state index in [1.807, 2.05) is 6.92 Å². The fourth-order valence-corrected chi connectivity index (χ4v) is 3.17.